The van der Waals surface area contributed by atoms with Gasteiger partial charge in [0.15, 0.2) is 11.5 Å². The zero-order chi connectivity index (χ0) is 27.9. The standard InChI is InChI=1S/C25H24Cl3N3O6S/c1-35-22-11-5-16(24(36-2)25(22)37-3)13-29-30-23(32)15-31(14-17-4-6-19(27)12-21(17)28)38(33,34)20-9-7-18(26)8-10-20/h4-13H,14-15H2,1-3H3,(H,30,32)/b29-13-. The lowest BCUT2D eigenvalue weighted by molar-refractivity contribution is -0.121. The molecule has 0 bridgehead atoms. The Hall–Kier alpha value is -3.02. The molecule has 0 aliphatic rings. The number of methoxy groups -OCH3 is 3. The van der Waals surface area contributed by atoms with E-state index in [-0.39, 0.29) is 16.5 Å². The predicted octanol–water partition coefficient (Wildman–Crippen LogP) is 5.01. The topological polar surface area (TPSA) is 107 Å². The van der Waals surface area contributed by atoms with Gasteiger partial charge in [-0.3, -0.25) is 4.79 Å². The zero-order valence-corrected chi connectivity index (χ0v) is 23.7. The monoisotopic (exact) mass is 599 g/mol. The van der Waals surface area contributed by atoms with Crippen molar-refractivity contribution < 1.29 is 27.4 Å². The number of amides is 1. The number of carbonyl (C=O) groups excluding carboxylic acids is 1. The first-order valence-corrected chi connectivity index (χ1v) is 13.5. The van der Waals surface area contributed by atoms with E-state index in [9.17, 15) is 13.2 Å². The Morgan fingerprint density at radius 1 is 0.921 bits per heavy atom. The summed E-state index contributed by atoms with van der Waals surface area (Å²) in [7, 11) is 0.287. The van der Waals surface area contributed by atoms with E-state index in [1.807, 2.05) is 0 Å². The van der Waals surface area contributed by atoms with Crippen LogP contribution in [-0.4, -0.2) is 52.7 Å². The molecular formula is C25H24Cl3N3O6S. The number of nitrogens with zero attached hydrogens (tertiary/aromatic N) is 2. The molecule has 202 valence electrons. The normalized spacial score (nSPS) is 11.6. The van der Waals surface area contributed by atoms with Crippen molar-refractivity contribution in [2.24, 2.45) is 5.10 Å². The Morgan fingerprint density at radius 2 is 1.58 bits per heavy atom. The molecule has 0 spiro atoms. The molecule has 0 heterocycles. The summed E-state index contributed by atoms with van der Waals surface area (Å²) in [6, 6.07) is 13.6. The Bertz CT molecular complexity index is 1430. The van der Waals surface area contributed by atoms with E-state index in [0.29, 0.717) is 38.4 Å². The fourth-order valence-electron chi connectivity index (χ4n) is 3.42. The van der Waals surface area contributed by atoms with Crippen molar-refractivity contribution in [2.45, 2.75) is 11.4 Å². The Morgan fingerprint density at radius 3 is 2.18 bits per heavy atom. The van der Waals surface area contributed by atoms with Crippen LogP contribution in [0.4, 0.5) is 0 Å². The van der Waals surface area contributed by atoms with Crippen molar-refractivity contribution in [3.05, 3.63) is 80.8 Å². The molecule has 0 aromatic heterocycles. The van der Waals surface area contributed by atoms with Crippen molar-refractivity contribution >= 4 is 56.9 Å². The highest BCUT2D eigenvalue weighted by molar-refractivity contribution is 7.89. The van der Waals surface area contributed by atoms with Crippen molar-refractivity contribution in [1.82, 2.24) is 9.73 Å². The number of benzene rings is 3. The fraction of sp³-hybridized carbons (Fsp3) is 0.200. The minimum atomic E-state index is -4.12. The molecule has 3 rings (SSSR count). The Labute approximate surface area is 235 Å². The van der Waals surface area contributed by atoms with Gasteiger partial charge >= 0.3 is 0 Å². The molecule has 0 saturated carbocycles. The fourth-order valence-corrected chi connectivity index (χ4v) is 5.39. The first kappa shape index (κ1) is 29.5. The molecule has 38 heavy (non-hydrogen) atoms. The molecule has 0 radical (unpaired) electrons. The molecule has 0 aliphatic heterocycles. The summed E-state index contributed by atoms with van der Waals surface area (Å²) in [5.41, 5.74) is 3.29. The van der Waals surface area contributed by atoms with Crippen LogP contribution in [0.3, 0.4) is 0 Å². The summed E-state index contributed by atoms with van der Waals surface area (Å²) in [6.45, 7) is -0.744. The molecule has 1 N–H and O–H groups in total. The lowest BCUT2D eigenvalue weighted by atomic mass is 10.2. The van der Waals surface area contributed by atoms with Crippen LogP contribution >= 0.6 is 34.8 Å². The third-order valence-electron chi connectivity index (χ3n) is 5.26. The lowest BCUT2D eigenvalue weighted by Crippen LogP contribution is -2.39. The number of nitrogens with one attached hydrogen (secondary N) is 1. The number of hydrogen-bond acceptors (Lipinski definition) is 7. The van der Waals surface area contributed by atoms with Crippen LogP contribution in [-0.2, 0) is 21.4 Å². The van der Waals surface area contributed by atoms with Gasteiger partial charge in [-0.15, -0.1) is 0 Å². The minimum absolute atomic E-state index is 0.0432. The maximum Gasteiger partial charge on any atom is 0.255 e. The number of hydrazone groups is 1. The quantitative estimate of drug-likeness (QED) is 0.245. The number of rotatable bonds is 11. The maximum absolute atomic E-state index is 13.4. The van der Waals surface area contributed by atoms with Gasteiger partial charge in [-0.2, -0.15) is 9.41 Å². The molecular weight excluding hydrogens is 577 g/mol. The summed E-state index contributed by atoms with van der Waals surface area (Å²) in [5.74, 6) is 0.456. The maximum atomic E-state index is 13.4. The van der Waals surface area contributed by atoms with E-state index >= 15 is 0 Å². The second-order valence-electron chi connectivity index (χ2n) is 7.68. The van der Waals surface area contributed by atoms with Gasteiger partial charge in [0.25, 0.3) is 5.91 Å². The second-order valence-corrected chi connectivity index (χ2v) is 10.9. The SMILES string of the molecule is COc1ccc(/C=N\NC(=O)CN(Cc2ccc(Cl)cc2Cl)S(=O)(=O)c2ccc(Cl)cc2)c(OC)c1OC. The second kappa shape index (κ2) is 13.2. The van der Waals surface area contributed by atoms with E-state index in [0.717, 1.165) is 4.31 Å². The van der Waals surface area contributed by atoms with E-state index in [4.69, 9.17) is 49.0 Å². The average molecular weight is 601 g/mol. The van der Waals surface area contributed by atoms with Gasteiger partial charge in [0, 0.05) is 27.2 Å². The number of sulfonamides is 1. The van der Waals surface area contributed by atoms with Crippen molar-refractivity contribution in [1.29, 1.82) is 0 Å². The first-order chi connectivity index (χ1) is 18.1. The molecule has 9 nitrogen and oxygen atoms in total. The summed E-state index contributed by atoms with van der Waals surface area (Å²) < 4.78 is 43.8. The van der Waals surface area contributed by atoms with Crippen LogP contribution in [0.15, 0.2) is 64.6 Å². The van der Waals surface area contributed by atoms with Crippen LogP contribution in [0.2, 0.25) is 15.1 Å². The lowest BCUT2D eigenvalue weighted by Gasteiger charge is -2.22. The molecule has 0 fully saturated rings. The minimum Gasteiger partial charge on any atom is -0.493 e. The summed E-state index contributed by atoms with van der Waals surface area (Å²) in [5, 5.41) is 4.97. The van der Waals surface area contributed by atoms with Gasteiger partial charge < -0.3 is 14.2 Å². The van der Waals surface area contributed by atoms with Gasteiger partial charge in [0.2, 0.25) is 15.8 Å². The smallest absolute Gasteiger partial charge is 0.255 e. The van der Waals surface area contributed by atoms with Gasteiger partial charge in [-0.1, -0.05) is 40.9 Å². The summed E-state index contributed by atoms with van der Waals surface area (Å²) >= 11 is 18.2. The number of halogens is 3. The van der Waals surface area contributed by atoms with Gasteiger partial charge in [-0.25, -0.2) is 13.8 Å². The number of hydrogen-bond donors (Lipinski definition) is 1. The van der Waals surface area contributed by atoms with Crippen molar-refractivity contribution in [3.8, 4) is 17.2 Å². The highest BCUT2D eigenvalue weighted by atomic mass is 35.5. The molecule has 3 aromatic rings. The third-order valence-corrected chi connectivity index (χ3v) is 7.91. The zero-order valence-electron chi connectivity index (χ0n) is 20.6. The highest BCUT2D eigenvalue weighted by Gasteiger charge is 2.27. The number of carbonyl (C=O) groups is 1. The van der Waals surface area contributed by atoms with Crippen molar-refractivity contribution in [3.63, 3.8) is 0 Å². The van der Waals surface area contributed by atoms with Crippen molar-refractivity contribution in [2.75, 3.05) is 27.9 Å². The van der Waals surface area contributed by atoms with E-state index in [1.54, 1.807) is 24.3 Å². The van der Waals surface area contributed by atoms with Gasteiger partial charge in [-0.05, 0) is 54.1 Å². The molecule has 0 saturated heterocycles. The largest absolute Gasteiger partial charge is 0.493 e. The molecule has 0 aliphatic carbocycles. The van der Waals surface area contributed by atoms with Gasteiger partial charge in [0.05, 0.1) is 39.0 Å². The molecule has 13 heteroatoms. The van der Waals surface area contributed by atoms with Crippen LogP contribution in [0.1, 0.15) is 11.1 Å². The number of ether oxygens (including phenoxy) is 3. The Balaban J connectivity index is 1.85. The van der Waals surface area contributed by atoms with Gasteiger partial charge in [0.1, 0.15) is 0 Å². The summed E-state index contributed by atoms with van der Waals surface area (Å²) in [4.78, 5) is 12.8. The molecule has 3 aromatic carbocycles. The average Bonchev–Trinajstić information content (AvgIpc) is 2.89. The molecule has 0 atom stereocenters. The van der Waals surface area contributed by atoms with E-state index < -0.39 is 22.5 Å². The van der Waals surface area contributed by atoms with Crippen LogP contribution in [0.25, 0.3) is 0 Å². The highest BCUT2D eigenvalue weighted by Crippen LogP contribution is 2.39. The molecule has 1 amide bonds. The van der Waals surface area contributed by atoms with Crippen LogP contribution in [0, 0.1) is 0 Å². The molecule has 0 unspecified atom stereocenters. The third kappa shape index (κ3) is 7.09. The Kier molecular flexibility index (Phi) is 10.2. The predicted molar refractivity (Wildman–Crippen MR) is 147 cm³/mol. The van der Waals surface area contributed by atoms with E-state index in [2.05, 4.69) is 10.5 Å². The van der Waals surface area contributed by atoms with E-state index in [1.165, 1.54) is 57.9 Å². The first-order valence-electron chi connectivity index (χ1n) is 10.9. The summed E-state index contributed by atoms with van der Waals surface area (Å²) in [6.07, 6.45) is 1.34. The van der Waals surface area contributed by atoms with Crippen LogP contribution < -0.4 is 19.6 Å². The van der Waals surface area contributed by atoms with Crippen LogP contribution in [0.5, 0.6) is 17.2 Å².